The lowest BCUT2D eigenvalue weighted by molar-refractivity contribution is 0.0693. The number of tetrazole rings is 1. The number of aromatic nitrogens is 4. The summed E-state index contributed by atoms with van der Waals surface area (Å²) in [5.41, 5.74) is 1.19. The molecule has 27 heavy (non-hydrogen) atoms. The summed E-state index contributed by atoms with van der Waals surface area (Å²) in [6.45, 7) is 0. The Morgan fingerprint density at radius 1 is 1.26 bits per heavy atom. The molecule has 0 aliphatic heterocycles. The van der Waals surface area contributed by atoms with Crippen molar-refractivity contribution in [3.8, 4) is 11.4 Å². The van der Waals surface area contributed by atoms with Crippen LogP contribution in [-0.4, -0.2) is 38.4 Å². The summed E-state index contributed by atoms with van der Waals surface area (Å²) in [6, 6.07) is 9.86. The van der Waals surface area contributed by atoms with Gasteiger partial charge in [0.25, 0.3) is 0 Å². The molecule has 10 heteroatoms. The summed E-state index contributed by atoms with van der Waals surface area (Å²) in [5, 5.41) is 24.5. The van der Waals surface area contributed by atoms with Crippen LogP contribution in [0.15, 0.2) is 42.6 Å². The van der Waals surface area contributed by atoms with Crippen molar-refractivity contribution in [1.29, 1.82) is 0 Å². The van der Waals surface area contributed by atoms with Gasteiger partial charge in [0.2, 0.25) is 0 Å². The zero-order valence-corrected chi connectivity index (χ0v) is 15.4. The average molecular weight is 406 g/mol. The lowest BCUT2D eigenvalue weighted by Crippen LogP contribution is -2.02. The first-order valence-corrected chi connectivity index (χ1v) is 8.33. The van der Waals surface area contributed by atoms with E-state index in [0.29, 0.717) is 16.5 Å². The first-order valence-electron chi connectivity index (χ1n) is 7.58. The number of hydrogen-bond acceptors (Lipinski definition) is 6. The van der Waals surface area contributed by atoms with Gasteiger partial charge in [-0.3, -0.25) is 0 Å². The van der Waals surface area contributed by atoms with Gasteiger partial charge in [0.05, 0.1) is 23.5 Å². The van der Waals surface area contributed by atoms with E-state index in [0.717, 1.165) is 5.69 Å². The second-order valence-corrected chi connectivity index (χ2v) is 6.08. The molecule has 0 fully saturated rings. The Hall–Kier alpha value is -3.10. The predicted molar refractivity (Wildman–Crippen MR) is 102 cm³/mol. The Balaban J connectivity index is 1.82. The summed E-state index contributed by atoms with van der Waals surface area (Å²) in [4.78, 5) is 11.2. The third kappa shape index (κ3) is 4.18. The van der Waals surface area contributed by atoms with Crippen LogP contribution >= 0.6 is 23.2 Å². The number of methoxy groups -OCH3 is 1. The molecule has 2 N–H and O–H groups in total. The highest BCUT2D eigenvalue weighted by Gasteiger charge is 2.14. The second kappa shape index (κ2) is 8.07. The Kier molecular flexibility index (Phi) is 5.58. The number of nitrogens with one attached hydrogen (secondary N) is 1. The standard InChI is InChI=1S/C17H13Cl2N5O3/c1-27-15-9-14(13(19)8-12(15)17(25)26)20-7-6-16-21-22-23-24(16)11-4-2-10(18)3-5-11/h2-9,20H,1H3,(H,25,26). The Morgan fingerprint density at radius 3 is 2.67 bits per heavy atom. The maximum atomic E-state index is 11.2. The highest BCUT2D eigenvalue weighted by molar-refractivity contribution is 6.33. The normalized spacial score (nSPS) is 10.9. The monoisotopic (exact) mass is 405 g/mol. The van der Waals surface area contributed by atoms with Gasteiger partial charge in [-0.05, 0) is 40.8 Å². The van der Waals surface area contributed by atoms with Gasteiger partial charge in [0.1, 0.15) is 11.3 Å². The fraction of sp³-hybridized carbons (Fsp3) is 0.0588. The van der Waals surface area contributed by atoms with Crippen LogP contribution in [0.3, 0.4) is 0 Å². The Labute approximate surface area is 164 Å². The van der Waals surface area contributed by atoms with E-state index >= 15 is 0 Å². The zero-order chi connectivity index (χ0) is 19.4. The van der Waals surface area contributed by atoms with Crippen LogP contribution in [0.5, 0.6) is 5.75 Å². The molecule has 1 heterocycles. The second-order valence-electron chi connectivity index (χ2n) is 5.24. The first kappa shape index (κ1) is 18.7. The number of carboxylic acid groups (broad SMARTS) is 1. The third-order valence-electron chi connectivity index (χ3n) is 3.56. The van der Waals surface area contributed by atoms with Crippen LogP contribution in [-0.2, 0) is 0 Å². The van der Waals surface area contributed by atoms with Crippen molar-refractivity contribution in [3.05, 3.63) is 64.0 Å². The summed E-state index contributed by atoms with van der Waals surface area (Å²) >= 11 is 12.0. The van der Waals surface area contributed by atoms with Gasteiger partial charge in [-0.15, -0.1) is 5.10 Å². The predicted octanol–water partition coefficient (Wildman–Crippen LogP) is 3.76. The van der Waals surface area contributed by atoms with E-state index in [1.165, 1.54) is 23.9 Å². The highest BCUT2D eigenvalue weighted by atomic mass is 35.5. The third-order valence-corrected chi connectivity index (χ3v) is 4.12. The van der Waals surface area contributed by atoms with Gasteiger partial charge >= 0.3 is 5.97 Å². The molecule has 0 unspecified atom stereocenters. The van der Waals surface area contributed by atoms with E-state index in [2.05, 4.69) is 20.8 Å². The van der Waals surface area contributed by atoms with Crippen LogP contribution in [0, 0.1) is 0 Å². The van der Waals surface area contributed by atoms with Crippen molar-refractivity contribution in [1.82, 2.24) is 20.2 Å². The number of halogens is 2. The van der Waals surface area contributed by atoms with Gasteiger partial charge in [-0.2, -0.15) is 4.68 Å². The molecule has 3 rings (SSSR count). The summed E-state index contributed by atoms with van der Waals surface area (Å²) in [7, 11) is 1.38. The van der Waals surface area contributed by atoms with Crippen LogP contribution in [0.2, 0.25) is 10.0 Å². The fourth-order valence-electron chi connectivity index (χ4n) is 2.27. The Bertz CT molecular complexity index is 1000. The lowest BCUT2D eigenvalue weighted by atomic mass is 10.2. The van der Waals surface area contributed by atoms with Crippen molar-refractivity contribution in [2.75, 3.05) is 12.4 Å². The minimum Gasteiger partial charge on any atom is -0.496 e. The molecule has 0 saturated heterocycles. The first-order chi connectivity index (χ1) is 13.0. The van der Waals surface area contributed by atoms with Gasteiger partial charge in [-0.25, -0.2) is 4.79 Å². The van der Waals surface area contributed by atoms with E-state index in [4.69, 9.17) is 33.0 Å². The molecule has 0 aliphatic rings. The molecule has 0 saturated carbocycles. The number of nitrogens with zero attached hydrogens (tertiary/aromatic N) is 4. The topological polar surface area (TPSA) is 102 Å². The molecular weight excluding hydrogens is 393 g/mol. The maximum absolute atomic E-state index is 11.2. The molecule has 8 nitrogen and oxygen atoms in total. The van der Waals surface area contributed by atoms with Crippen LogP contribution in [0.25, 0.3) is 11.8 Å². The number of hydrogen-bond donors (Lipinski definition) is 2. The van der Waals surface area contributed by atoms with E-state index in [1.807, 2.05) is 0 Å². The van der Waals surface area contributed by atoms with E-state index < -0.39 is 5.97 Å². The lowest BCUT2D eigenvalue weighted by Gasteiger charge is -2.10. The molecule has 1 aromatic heterocycles. The summed E-state index contributed by atoms with van der Waals surface area (Å²) < 4.78 is 6.62. The highest BCUT2D eigenvalue weighted by Crippen LogP contribution is 2.31. The van der Waals surface area contributed by atoms with Gasteiger partial charge < -0.3 is 15.2 Å². The number of ether oxygens (including phenoxy) is 1. The number of rotatable bonds is 6. The molecule has 0 atom stereocenters. The average Bonchev–Trinajstić information content (AvgIpc) is 3.11. The van der Waals surface area contributed by atoms with Crippen LogP contribution in [0.4, 0.5) is 5.69 Å². The largest absolute Gasteiger partial charge is 0.496 e. The molecule has 138 valence electrons. The number of aromatic carboxylic acids is 1. The van der Waals surface area contributed by atoms with Crippen molar-refractivity contribution < 1.29 is 14.6 Å². The van der Waals surface area contributed by atoms with Crippen molar-refractivity contribution >= 4 is 40.9 Å². The van der Waals surface area contributed by atoms with Crippen molar-refractivity contribution in [2.24, 2.45) is 0 Å². The maximum Gasteiger partial charge on any atom is 0.339 e. The quantitative estimate of drug-likeness (QED) is 0.643. The summed E-state index contributed by atoms with van der Waals surface area (Å²) in [5.74, 6) is -0.471. The molecule has 0 radical (unpaired) electrons. The molecule has 0 aliphatic carbocycles. The molecular formula is C17H13Cl2N5O3. The van der Waals surface area contributed by atoms with Gasteiger partial charge in [-0.1, -0.05) is 23.2 Å². The van der Waals surface area contributed by atoms with Crippen LogP contribution < -0.4 is 10.1 Å². The smallest absolute Gasteiger partial charge is 0.339 e. The molecule has 0 bridgehead atoms. The minimum atomic E-state index is -1.13. The minimum absolute atomic E-state index is 0.0243. The van der Waals surface area contributed by atoms with E-state index in [-0.39, 0.29) is 16.3 Å². The fourth-order valence-corrected chi connectivity index (χ4v) is 2.61. The van der Waals surface area contributed by atoms with Crippen LogP contribution in [0.1, 0.15) is 16.2 Å². The number of carbonyl (C=O) groups is 1. The zero-order valence-electron chi connectivity index (χ0n) is 13.9. The van der Waals surface area contributed by atoms with Gasteiger partial charge in [0.15, 0.2) is 5.82 Å². The molecule has 0 amide bonds. The van der Waals surface area contributed by atoms with Crippen molar-refractivity contribution in [2.45, 2.75) is 0 Å². The number of carboxylic acids is 1. The molecule has 3 aromatic rings. The van der Waals surface area contributed by atoms with E-state index in [9.17, 15) is 4.79 Å². The molecule has 0 spiro atoms. The van der Waals surface area contributed by atoms with Crippen molar-refractivity contribution in [3.63, 3.8) is 0 Å². The number of benzene rings is 2. The number of anilines is 1. The SMILES string of the molecule is COc1cc(NC=Cc2nnnn2-c2ccc(Cl)cc2)c(Cl)cc1C(=O)O. The Morgan fingerprint density at radius 2 is 2.00 bits per heavy atom. The summed E-state index contributed by atoms with van der Waals surface area (Å²) in [6.07, 6.45) is 3.22. The molecule has 2 aromatic carbocycles. The van der Waals surface area contributed by atoms with Gasteiger partial charge in [0, 0.05) is 23.4 Å². The van der Waals surface area contributed by atoms with E-state index in [1.54, 1.807) is 36.5 Å².